The molecule has 2 aliphatic rings. The van der Waals surface area contributed by atoms with Gasteiger partial charge in [-0.25, -0.2) is 8.78 Å². The third-order valence-electron chi connectivity index (χ3n) is 5.12. The van der Waals surface area contributed by atoms with Crippen LogP contribution in [0.5, 0.6) is 0 Å². The van der Waals surface area contributed by atoms with E-state index in [4.69, 9.17) is 4.74 Å². The molecule has 2 fully saturated rings. The van der Waals surface area contributed by atoms with Gasteiger partial charge in [-0.2, -0.15) is 0 Å². The van der Waals surface area contributed by atoms with Crippen LogP contribution in [0.15, 0.2) is 48.5 Å². The molecule has 1 unspecified atom stereocenters. The number of hydrogen-bond donors (Lipinski definition) is 0. The zero-order valence-electron chi connectivity index (χ0n) is 14.7. The minimum atomic E-state index is -0.244. The Morgan fingerprint density at radius 2 is 1.27 bits per heavy atom. The quantitative estimate of drug-likeness (QED) is 0.786. The second-order valence-electron chi connectivity index (χ2n) is 6.81. The summed E-state index contributed by atoms with van der Waals surface area (Å²) in [5, 5.41) is 0. The maximum Gasteiger partial charge on any atom is 0.137 e. The van der Waals surface area contributed by atoms with Gasteiger partial charge in [-0.15, -0.1) is 0 Å². The third-order valence-corrected chi connectivity index (χ3v) is 5.12. The number of piperazine rings is 1. The maximum atomic E-state index is 13.3. The second kappa shape index (κ2) is 7.80. The average molecular weight is 362 g/mol. The minimum absolute atomic E-state index is 0. The summed E-state index contributed by atoms with van der Waals surface area (Å²) in [6, 6.07) is 13.2. The van der Waals surface area contributed by atoms with Crippen molar-refractivity contribution in [2.45, 2.75) is 25.3 Å². The number of hydrogen-bond acceptors (Lipinski definition) is 3. The van der Waals surface area contributed by atoms with Crippen LogP contribution in [0.25, 0.3) is 0 Å². The van der Waals surface area contributed by atoms with Crippen LogP contribution in [0.3, 0.4) is 0 Å². The molecule has 0 aliphatic carbocycles. The molecule has 6 heteroatoms. The molecule has 2 saturated heterocycles. The van der Waals surface area contributed by atoms with Gasteiger partial charge in [-0.3, -0.25) is 9.80 Å². The highest BCUT2D eigenvalue weighted by atomic mass is 19.1. The maximum absolute atomic E-state index is 13.3. The van der Waals surface area contributed by atoms with Crippen LogP contribution in [-0.4, -0.2) is 53.8 Å². The standard InChI is InChI=1S/C20H22F2N2O.H2O/c1-14-20(25-14)24-12-10-23(11-13-24)19(15-2-6-17(21)7-3-15)16-4-8-18(22)9-5-16;/h2-9,14,19-20H,10-13H2,1H3;1H2/t14-,20?;/m1./s1. The van der Waals surface area contributed by atoms with Crippen LogP contribution >= 0.6 is 0 Å². The van der Waals surface area contributed by atoms with Crippen LogP contribution in [0, 0.1) is 11.6 Å². The minimum Gasteiger partial charge on any atom is -0.412 e. The van der Waals surface area contributed by atoms with E-state index in [-0.39, 0.29) is 29.4 Å². The SMILES string of the molecule is C[C@H]1OC1N1CCN(C(c2ccc(F)cc2)c2ccc(F)cc2)CC1.O. The highest BCUT2D eigenvalue weighted by Crippen LogP contribution is 2.32. The van der Waals surface area contributed by atoms with Crippen molar-refractivity contribution >= 4 is 0 Å². The van der Waals surface area contributed by atoms with E-state index < -0.39 is 0 Å². The Kier molecular flexibility index (Phi) is 5.67. The van der Waals surface area contributed by atoms with Crippen LogP contribution in [0.1, 0.15) is 24.1 Å². The first-order valence-corrected chi connectivity index (χ1v) is 8.76. The van der Waals surface area contributed by atoms with E-state index in [0.717, 1.165) is 37.3 Å². The lowest BCUT2D eigenvalue weighted by atomic mass is 9.96. The molecule has 0 radical (unpaired) electrons. The molecule has 140 valence electrons. The highest BCUT2D eigenvalue weighted by molar-refractivity contribution is 5.32. The number of epoxide rings is 1. The van der Waals surface area contributed by atoms with Crippen molar-refractivity contribution in [1.82, 2.24) is 9.80 Å². The van der Waals surface area contributed by atoms with Crippen molar-refractivity contribution in [1.29, 1.82) is 0 Å². The molecule has 2 aliphatic heterocycles. The Morgan fingerprint density at radius 1 is 0.846 bits per heavy atom. The fraction of sp³-hybridized carbons (Fsp3) is 0.400. The van der Waals surface area contributed by atoms with Crippen LogP contribution in [-0.2, 0) is 4.74 Å². The van der Waals surface area contributed by atoms with Gasteiger partial charge in [0.05, 0.1) is 12.1 Å². The number of benzene rings is 2. The summed E-state index contributed by atoms with van der Waals surface area (Å²) in [5.41, 5.74) is 2.05. The van der Waals surface area contributed by atoms with Gasteiger partial charge in [-0.05, 0) is 42.3 Å². The molecule has 2 aromatic carbocycles. The average Bonchev–Trinajstić information content (AvgIpc) is 3.36. The second-order valence-corrected chi connectivity index (χ2v) is 6.81. The first kappa shape index (κ1) is 18.9. The summed E-state index contributed by atoms with van der Waals surface area (Å²) < 4.78 is 32.3. The fourth-order valence-electron chi connectivity index (χ4n) is 3.71. The molecule has 4 rings (SSSR count). The van der Waals surface area contributed by atoms with Gasteiger partial charge in [0.15, 0.2) is 0 Å². The molecule has 0 aromatic heterocycles. The predicted molar refractivity (Wildman–Crippen MR) is 95.7 cm³/mol. The summed E-state index contributed by atoms with van der Waals surface area (Å²) in [6.45, 7) is 5.76. The zero-order chi connectivity index (χ0) is 17.4. The third kappa shape index (κ3) is 3.94. The number of halogens is 2. The number of ether oxygens (including phenoxy) is 1. The molecule has 2 heterocycles. The van der Waals surface area contributed by atoms with E-state index >= 15 is 0 Å². The molecule has 2 aromatic rings. The monoisotopic (exact) mass is 362 g/mol. The van der Waals surface area contributed by atoms with Crippen molar-refractivity contribution in [3.8, 4) is 0 Å². The number of rotatable bonds is 4. The fourth-order valence-corrected chi connectivity index (χ4v) is 3.71. The molecule has 0 amide bonds. The van der Waals surface area contributed by atoms with Gasteiger partial charge in [0, 0.05) is 26.2 Å². The molecule has 2 N–H and O–H groups in total. The number of nitrogens with zero attached hydrogens (tertiary/aromatic N) is 2. The molecular formula is C20H24F2N2O2. The molecule has 0 saturated carbocycles. The zero-order valence-corrected chi connectivity index (χ0v) is 14.7. The van der Waals surface area contributed by atoms with Gasteiger partial charge in [0.25, 0.3) is 0 Å². The Morgan fingerprint density at radius 3 is 1.65 bits per heavy atom. The highest BCUT2D eigenvalue weighted by Gasteiger charge is 2.41. The molecule has 0 spiro atoms. The van der Waals surface area contributed by atoms with Crippen molar-refractivity contribution in [3.63, 3.8) is 0 Å². The lowest BCUT2D eigenvalue weighted by Crippen LogP contribution is -2.49. The van der Waals surface area contributed by atoms with E-state index in [9.17, 15) is 8.78 Å². The van der Waals surface area contributed by atoms with E-state index in [2.05, 4.69) is 16.7 Å². The first-order chi connectivity index (χ1) is 12.1. The summed E-state index contributed by atoms with van der Waals surface area (Å²) in [6.07, 6.45) is 0.591. The van der Waals surface area contributed by atoms with Crippen molar-refractivity contribution in [2.24, 2.45) is 0 Å². The van der Waals surface area contributed by atoms with E-state index in [1.54, 1.807) is 0 Å². The van der Waals surface area contributed by atoms with E-state index in [0.29, 0.717) is 6.10 Å². The Labute approximate surface area is 152 Å². The van der Waals surface area contributed by atoms with E-state index in [1.807, 2.05) is 24.3 Å². The van der Waals surface area contributed by atoms with Crippen LogP contribution in [0.4, 0.5) is 8.78 Å². The lowest BCUT2D eigenvalue weighted by molar-refractivity contribution is 0.0756. The topological polar surface area (TPSA) is 50.5 Å². The van der Waals surface area contributed by atoms with Gasteiger partial charge in [-0.1, -0.05) is 24.3 Å². The Balaban J connectivity index is 0.00000196. The van der Waals surface area contributed by atoms with Crippen molar-refractivity contribution in [3.05, 3.63) is 71.3 Å². The summed E-state index contributed by atoms with van der Waals surface area (Å²) in [5.74, 6) is -0.488. The van der Waals surface area contributed by atoms with Gasteiger partial charge >= 0.3 is 0 Å². The molecular weight excluding hydrogens is 338 g/mol. The predicted octanol–water partition coefficient (Wildman–Crippen LogP) is 2.59. The molecule has 4 nitrogen and oxygen atoms in total. The van der Waals surface area contributed by atoms with Crippen LogP contribution in [0.2, 0.25) is 0 Å². The van der Waals surface area contributed by atoms with Gasteiger partial charge in [0.1, 0.15) is 17.9 Å². The normalized spacial score (nSPS) is 23.7. The van der Waals surface area contributed by atoms with Crippen molar-refractivity contribution < 1.29 is 19.0 Å². The summed E-state index contributed by atoms with van der Waals surface area (Å²) >= 11 is 0. The van der Waals surface area contributed by atoms with Crippen molar-refractivity contribution in [2.75, 3.05) is 26.2 Å². The molecule has 26 heavy (non-hydrogen) atoms. The van der Waals surface area contributed by atoms with E-state index in [1.165, 1.54) is 24.3 Å². The van der Waals surface area contributed by atoms with Gasteiger partial charge in [0.2, 0.25) is 0 Å². The van der Waals surface area contributed by atoms with Gasteiger partial charge < -0.3 is 10.2 Å². The Bertz CT molecular complexity index is 670. The summed E-state index contributed by atoms with van der Waals surface area (Å²) in [7, 11) is 0. The smallest absolute Gasteiger partial charge is 0.137 e. The Hall–Kier alpha value is -1.86. The first-order valence-electron chi connectivity index (χ1n) is 8.76. The van der Waals surface area contributed by atoms with Crippen LogP contribution < -0.4 is 0 Å². The summed E-state index contributed by atoms with van der Waals surface area (Å²) in [4.78, 5) is 4.75. The molecule has 2 atom stereocenters. The molecule has 0 bridgehead atoms. The lowest BCUT2D eigenvalue weighted by Gasteiger charge is -2.39. The largest absolute Gasteiger partial charge is 0.412 e.